The predicted octanol–water partition coefficient (Wildman–Crippen LogP) is 2.56. The van der Waals surface area contributed by atoms with Gasteiger partial charge in [-0.25, -0.2) is 4.79 Å². The lowest BCUT2D eigenvalue weighted by atomic mass is 9.88. The molecule has 2 unspecified atom stereocenters. The van der Waals surface area contributed by atoms with E-state index in [0.717, 1.165) is 45.2 Å². The first-order chi connectivity index (χ1) is 9.85. The van der Waals surface area contributed by atoms with E-state index in [2.05, 4.69) is 18.7 Å². The number of piperidine rings is 1. The summed E-state index contributed by atoms with van der Waals surface area (Å²) in [5, 5.41) is 8.98. The third-order valence-electron chi connectivity index (χ3n) is 5.46. The van der Waals surface area contributed by atoms with Gasteiger partial charge in [-0.05, 0) is 43.4 Å². The molecule has 0 radical (unpaired) electrons. The van der Waals surface area contributed by atoms with Crippen molar-refractivity contribution in [3.63, 3.8) is 0 Å². The fraction of sp³-hybridized carbons (Fsp3) is 0.875. The summed E-state index contributed by atoms with van der Waals surface area (Å²) in [7, 11) is 0. The summed E-state index contributed by atoms with van der Waals surface area (Å²) in [6.07, 6.45) is 5.15. The van der Waals surface area contributed by atoms with Gasteiger partial charge in [0.15, 0.2) is 0 Å². The minimum atomic E-state index is -0.708. The molecule has 0 aromatic heterocycles. The van der Waals surface area contributed by atoms with Crippen LogP contribution >= 0.6 is 0 Å². The van der Waals surface area contributed by atoms with Crippen molar-refractivity contribution in [2.24, 2.45) is 11.3 Å². The lowest BCUT2D eigenvalue weighted by Gasteiger charge is -2.40. The zero-order valence-electron chi connectivity index (χ0n) is 13.0. The molecule has 0 saturated carbocycles. The number of hydrogen-bond donors (Lipinski definition) is 1. The molecule has 2 bridgehead atoms. The average Bonchev–Trinajstić information content (AvgIpc) is 2.86. The van der Waals surface area contributed by atoms with Crippen molar-refractivity contribution in [1.82, 2.24) is 9.80 Å². The Bertz CT molecular complexity index is 435. The molecule has 1 N–H and O–H groups in total. The fourth-order valence-electron chi connectivity index (χ4n) is 4.45. The van der Waals surface area contributed by atoms with Crippen molar-refractivity contribution in [3.05, 3.63) is 0 Å². The summed E-state index contributed by atoms with van der Waals surface area (Å²) >= 11 is 0. The van der Waals surface area contributed by atoms with E-state index in [1.54, 1.807) is 0 Å². The van der Waals surface area contributed by atoms with Gasteiger partial charge in [0.1, 0.15) is 0 Å². The maximum atomic E-state index is 12.8. The molecular formula is C16H26N2O3. The Hall–Kier alpha value is -1.26. The number of hydrogen-bond acceptors (Lipinski definition) is 2. The van der Waals surface area contributed by atoms with E-state index in [4.69, 9.17) is 5.11 Å². The Morgan fingerprint density at radius 3 is 2.29 bits per heavy atom. The summed E-state index contributed by atoms with van der Waals surface area (Å²) in [6.45, 7) is 6.14. The molecule has 0 spiro atoms. The highest BCUT2D eigenvalue weighted by Gasteiger charge is 2.46. The van der Waals surface area contributed by atoms with Gasteiger partial charge in [-0.2, -0.15) is 0 Å². The van der Waals surface area contributed by atoms with Crippen LogP contribution in [0.1, 0.15) is 52.4 Å². The molecule has 3 saturated heterocycles. The number of carbonyl (C=O) groups excluding carboxylic acids is 1. The Kier molecular flexibility index (Phi) is 3.62. The van der Waals surface area contributed by atoms with Crippen molar-refractivity contribution >= 4 is 12.0 Å². The van der Waals surface area contributed by atoms with Gasteiger partial charge in [-0.1, -0.05) is 13.8 Å². The van der Waals surface area contributed by atoms with E-state index in [1.165, 1.54) is 0 Å². The maximum Gasteiger partial charge on any atom is 0.320 e. The SMILES string of the molecule is CC1(C)CCN(C(=O)N2C3CCC2CC(CC(=O)O)C3)C1. The topological polar surface area (TPSA) is 60.9 Å². The minimum Gasteiger partial charge on any atom is -0.481 e. The number of rotatable bonds is 2. The fourth-order valence-corrected chi connectivity index (χ4v) is 4.45. The number of nitrogens with zero attached hydrogens (tertiary/aromatic N) is 2. The smallest absolute Gasteiger partial charge is 0.320 e. The number of carboxylic acid groups (broad SMARTS) is 1. The van der Waals surface area contributed by atoms with Crippen molar-refractivity contribution in [2.45, 2.75) is 64.5 Å². The molecule has 118 valence electrons. The molecule has 2 amide bonds. The zero-order chi connectivity index (χ0) is 15.2. The quantitative estimate of drug-likeness (QED) is 0.851. The van der Waals surface area contributed by atoms with Gasteiger partial charge < -0.3 is 14.9 Å². The van der Waals surface area contributed by atoms with Crippen molar-refractivity contribution in [3.8, 4) is 0 Å². The number of carboxylic acids is 1. The van der Waals surface area contributed by atoms with Crippen LogP contribution in [-0.2, 0) is 4.79 Å². The number of likely N-dealkylation sites (tertiary alicyclic amines) is 1. The van der Waals surface area contributed by atoms with Crippen LogP contribution in [0.2, 0.25) is 0 Å². The standard InChI is InChI=1S/C16H26N2O3/c1-16(2)5-6-17(10-16)15(21)18-12-3-4-13(18)8-11(7-12)9-14(19)20/h11-13H,3-10H2,1-2H3,(H,19,20). The second-order valence-electron chi connectivity index (χ2n) is 7.85. The number of urea groups is 1. The number of fused-ring (bicyclic) bond motifs is 2. The Morgan fingerprint density at radius 1 is 1.19 bits per heavy atom. The first-order valence-electron chi connectivity index (χ1n) is 8.15. The maximum absolute atomic E-state index is 12.8. The molecule has 0 aromatic carbocycles. The molecule has 3 fully saturated rings. The molecule has 0 aromatic rings. The molecule has 3 aliphatic heterocycles. The Morgan fingerprint density at radius 2 is 1.81 bits per heavy atom. The third-order valence-corrected chi connectivity index (χ3v) is 5.46. The summed E-state index contributed by atoms with van der Waals surface area (Å²) < 4.78 is 0. The lowest BCUT2D eigenvalue weighted by Crippen LogP contribution is -2.52. The van der Waals surface area contributed by atoms with Gasteiger partial charge >= 0.3 is 12.0 Å². The van der Waals surface area contributed by atoms with Gasteiger partial charge in [0.25, 0.3) is 0 Å². The van der Waals surface area contributed by atoms with Crippen LogP contribution < -0.4 is 0 Å². The number of carbonyl (C=O) groups is 2. The van der Waals surface area contributed by atoms with Crippen LogP contribution in [0.25, 0.3) is 0 Å². The first-order valence-corrected chi connectivity index (χ1v) is 8.15. The van der Waals surface area contributed by atoms with E-state index in [9.17, 15) is 9.59 Å². The van der Waals surface area contributed by atoms with Crippen LogP contribution in [0.5, 0.6) is 0 Å². The normalized spacial score (nSPS) is 34.3. The molecule has 5 heteroatoms. The summed E-state index contributed by atoms with van der Waals surface area (Å²) in [5.41, 5.74) is 0.232. The van der Waals surface area contributed by atoms with Crippen molar-refractivity contribution in [2.75, 3.05) is 13.1 Å². The van der Waals surface area contributed by atoms with Crippen LogP contribution in [0.4, 0.5) is 4.79 Å². The van der Waals surface area contributed by atoms with E-state index >= 15 is 0 Å². The highest BCUT2D eigenvalue weighted by Crippen LogP contribution is 2.41. The van der Waals surface area contributed by atoms with Gasteiger partial charge in [-0.3, -0.25) is 4.79 Å². The van der Waals surface area contributed by atoms with Gasteiger partial charge in [0, 0.05) is 31.6 Å². The molecule has 21 heavy (non-hydrogen) atoms. The zero-order valence-corrected chi connectivity index (χ0v) is 13.0. The van der Waals surface area contributed by atoms with Crippen LogP contribution in [0.15, 0.2) is 0 Å². The largest absolute Gasteiger partial charge is 0.481 e. The summed E-state index contributed by atoms with van der Waals surface area (Å²) in [6, 6.07) is 0.732. The highest BCUT2D eigenvalue weighted by molar-refractivity contribution is 5.76. The Labute approximate surface area is 126 Å². The average molecular weight is 294 g/mol. The molecule has 2 atom stereocenters. The molecule has 3 aliphatic rings. The second kappa shape index (κ2) is 5.18. The molecule has 0 aliphatic carbocycles. The van der Waals surface area contributed by atoms with Gasteiger partial charge in [0.2, 0.25) is 0 Å². The Balaban J connectivity index is 1.65. The summed E-state index contributed by atoms with van der Waals surface area (Å²) in [4.78, 5) is 27.8. The van der Waals surface area contributed by atoms with E-state index in [0.29, 0.717) is 0 Å². The molecule has 3 heterocycles. The van der Waals surface area contributed by atoms with Crippen molar-refractivity contribution < 1.29 is 14.7 Å². The van der Waals surface area contributed by atoms with Crippen LogP contribution in [-0.4, -0.2) is 52.1 Å². The van der Waals surface area contributed by atoms with Gasteiger partial charge in [-0.15, -0.1) is 0 Å². The third kappa shape index (κ3) is 2.87. The molecular weight excluding hydrogens is 268 g/mol. The van der Waals surface area contributed by atoms with Gasteiger partial charge in [0.05, 0.1) is 0 Å². The second-order valence-corrected chi connectivity index (χ2v) is 7.85. The van der Waals surface area contributed by atoms with E-state index in [-0.39, 0.29) is 35.9 Å². The summed E-state index contributed by atoms with van der Waals surface area (Å²) in [5.74, 6) is -0.459. The number of amides is 2. The lowest BCUT2D eigenvalue weighted by molar-refractivity contribution is -0.138. The van der Waals surface area contributed by atoms with Crippen LogP contribution in [0.3, 0.4) is 0 Å². The van der Waals surface area contributed by atoms with Crippen LogP contribution in [0, 0.1) is 11.3 Å². The first kappa shape index (κ1) is 14.7. The van der Waals surface area contributed by atoms with E-state index < -0.39 is 5.97 Å². The van der Waals surface area contributed by atoms with Crippen molar-refractivity contribution in [1.29, 1.82) is 0 Å². The number of aliphatic carboxylic acids is 1. The monoisotopic (exact) mass is 294 g/mol. The molecule has 3 rings (SSSR count). The minimum absolute atomic E-state index is 0.196. The van der Waals surface area contributed by atoms with E-state index in [1.807, 2.05) is 4.90 Å². The highest BCUT2D eigenvalue weighted by atomic mass is 16.4. The predicted molar refractivity (Wildman–Crippen MR) is 79.0 cm³/mol. The molecule has 5 nitrogen and oxygen atoms in total.